The average molecular weight is 291 g/mol. The molecule has 1 aliphatic carbocycles. The molecule has 1 aliphatic rings. The van der Waals surface area contributed by atoms with Gasteiger partial charge in [-0.3, -0.25) is 4.68 Å². The minimum absolute atomic E-state index is 0.206. The molecule has 2 unspecified atom stereocenters. The van der Waals surface area contributed by atoms with Crippen molar-refractivity contribution >= 4 is 11.6 Å². The van der Waals surface area contributed by atoms with E-state index in [2.05, 4.69) is 11.2 Å². The minimum Gasteiger partial charge on any atom is -0.388 e. The Bertz CT molecular complexity index is 635. The van der Waals surface area contributed by atoms with Gasteiger partial charge in [0.15, 0.2) is 0 Å². The summed E-state index contributed by atoms with van der Waals surface area (Å²) in [5, 5.41) is 15.7. The molecule has 106 valence electrons. The van der Waals surface area contributed by atoms with Crippen LogP contribution in [0.2, 0.25) is 5.02 Å². The molecule has 2 aromatic rings. The molecule has 0 spiro atoms. The molecule has 0 amide bonds. The second-order valence-electron chi connectivity index (χ2n) is 5.62. The van der Waals surface area contributed by atoms with Crippen molar-refractivity contribution in [1.82, 2.24) is 9.78 Å². The summed E-state index contributed by atoms with van der Waals surface area (Å²) in [7, 11) is 1.91. The van der Waals surface area contributed by atoms with Crippen molar-refractivity contribution in [2.24, 2.45) is 13.0 Å². The van der Waals surface area contributed by atoms with E-state index in [9.17, 15) is 5.11 Å². The van der Waals surface area contributed by atoms with E-state index in [1.54, 1.807) is 0 Å². The first-order chi connectivity index (χ1) is 9.58. The van der Waals surface area contributed by atoms with Crippen LogP contribution >= 0.6 is 11.6 Å². The highest BCUT2D eigenvalue weighted by Gasteiger charge is 2.29. The Hall–Kier alpha value is -1.32. The summed E-state index contributed by atoms with van der Waals surface area (Å²) in [6.07, 6.45) is 2.36. The fraction of sp³-hybridized carbons (Fsp3) is 0.438. The zero-order chi connectivity index (χ0) is 14.3. The van der Waals surface area contributed by atoms with Crippen LogP contribution in [0.1, 0.15) is 35.0 Å². The SMILES string of the molecule is Cc1nn(C)c(CC2CCc3ccccc3C2O)c1Cl. The van der Waals surface area contributed by atoms with Gasteiger partial charge in [-0.15, -0.1) is 0 Å². The first-order valence-corrected chi connectivity index (χ1v) is 7.39. The molecule has 0 saturated carbocycles. The van der Waals surface area contributed by atoms with Crippen molar-refractivity contribution in [3.8, 4) is 0 Å². The molecule has 1 N–H and O–H groups in total. The largest absolute Gasteiger partial charge is 0.388 e. The van der Waals surface area contributed by atoms with Gasteiger partial charge in [-0.25, -0.2) is 0 Å². The van der Waals surface area contributed by atoms with Crippen LogP contribution in [-0.2, 0) is 19.9 Å². The van der Waals surface area contributed by atoms with E-state index in [1.807, 2.05) is 36.9 Å². The third-order valence-corrected chi connectivity index (χ3v) is 4.81. The van der Waals surface area contributed by atoms with Gasteiger partial charge >= 0.3 is 0 Å². The van der Waals surface area contributed by atoms with Crippen molar-refractivity contribution < 1.29 is 5.11 Å². The molecule has 3 nitrogen and oxygen atoms in total. The van der Waals surface area contributed by atoms with Gasteiger partial charge < -0.3 is 5.11 Å². The molecule has 4 heteroatoms. The lowest BCUT2D eigenvalue weighted by atomic mass is 9.79. The summed E-state index contributed by atoms with van der Waals surface area (Å²) in [5.74, 6) is 0.206. The molecule has 0 aliphatic heterocycles. The summed E-state index contributed by atoms with van der Waals surface area (Å²) in [6.45, 7) is 1.92. The first kappa shape index (κ1) is 13.7. The van der Waals surface area contributed by atoms with Gasteiger partial charge in [0.25, 0.3) is 0 Å². The maximum Gasteiger partial charge on any atom is 0.0847 e. The third kappa shape index (κ3) is 2.25. The van der Waals surface area contributed by atoms with Gasteiger partial charge in [-0.1, -0.05) is 35.9 Å². The molecular formula is C16H19ClN2O. The highest BCUT2D eigenvalue weighted by atomic mass is 35.5. The first-order valence-electron chi connectivity index (χ1n) is 7.01. The molecule has 2 atom stereocenters. The van der Waals surface area contributed by atoms with Crippen LogP contribution in [0.4, 0.5) is 0 Å². The van der Waals surface area contributed by atoms with E-state index in [0.29, 0.717) is 0 Å². The molecule has 20 heavy (non-hydrogen) atoms. The van der Waals surface area contributed by atoms with E-state index < -0.39 is 6.10 Å². The van der Waals surface area contributed by atoms with Crippen LogP contribution in [0.25, 0.3) is 0 Å². The Kier molecular flexibility index (Phi) is 3.57. The highest BCUT2D eigenvalue weighted by Crippen LogP contribution is 2.37. The monoisotopic (exact) mass is 290 g/mol. The molecule has 1 heterocycles. The number of aliphatic hydroxyl groups excluding tert-OH is 1. The lowest BCUT2D eigenvalue weighted by molar-refractivity contribution is 0.0926. The third-order valence-electron chi connectivity index (χ3n) is 4.32. The van der Waals surface area contributed by atoms with E-state index in [1.165, 1.54) is 5.56 Å². The number of hydrogen-bond donors (Lipinski definition) is 1. The standard InChI is InChI=1S/C16H19ClN2O/c1-10-15(17)14(19(2)18-10)9-12-8-7-11-5-3-4-6-13(11)16(12)20/h3-6,12,16,20H,7-9H2,1-2H3. The molecule has 0 fully saturated rings. The maximum atomic E-state index is 10.6. The number of fused-ring (bicyclic) bond motifs is 1. The normalized spacial score (nSPS) is 21.8. The van der Waals surface area contributed by atoms with Gasteiger partial charge in [0.2, 0.25) is 0 Å². The van der Waals surface area contributed by atoms with Gasteiger partial charge in [-0.2, -0.15) is 5.10 Å². The fourth-order valence-electron chi connectivity index (χ4n) is 3.17. The minimum atomic E-state index is -0.411. The van der Waals surface area contributed by atoms with Crippen LogP contribution in [0.3, 0.4) is 0 Å². The highest BCUT2D eigenvalue weighted by molar-refractivity contribution is 6.31. The summed E-state index contributed by atoms with van der Waals surface area (Å²) in [6, 6.07) is 8.16. The summed E-state index contributed by atoms with van der Waals surface area (Å²) >= 11 is 6.32. The molecule has 0 radical (unpaired) electrons. The van der Waals surface area contributed by atoms with Crippen LogP contribution in [0, 0.1) is 12.8 Å². The Morgan fingerprint density at radius 1 is 1.40 bits per heavy atom. The van der Waals surface area contributed by atoms with Crippen molar-refractivity contribution in [2.75, 3.05) is 0 Å². The van der Waals surface area contributed by atoms with Gasteiger partial charge in [0, 0.05) is 7.05 Å². The van der Waals surface area contributed by atoms with E-state index in [4.69, 9.17) is 11.6 Å². The number of rotatable bonds is 2. The van der Waals surface area contributed by atoms with Crippen LogP contribution in [0.5, 0.6) is 0 Å². The van der Waals surface area contributed by atoms with E-state index in [0.717, 1.165) is 41.2 Å². The zero-order valence-electron chi connectivity index (χ0n) is 11.8. The molecule has 0 bridgehead atoms. The molecule has 1 aromatic carbocycles. The molecule has 0 saturated heterocycles. The van der Waals surface area contributed by atoms with Crippen molar-refractivity contribution in [2.45, 2.75) is 32.3 Å². The van der Waals surface area contributed by atoms with Crippen molar-refractivity contribution in [3.63, 3.8) is 0 Å². The smallest absolute Gasteiger partial charge is 0.0847 e. The topological polar surface area (TPSA) is 38.0 Å². The molecular weight excluding hydrogens is 272 g/mol. The predicted octanol–water partition coefficient (Wildman–Crippen LogP) is 3.22. The van der Waals surface area contributed by atoms with E-state index >= 15 is 0 Å². The zero-order valence-corrected chi connectivity index (χ0v) is 12.6. The van der Waals surface area contributed by atoms with Crippen molar-refractivity contribution in [1.29, 1.82) is 0 Å². The summed E-state index contributed by atoms with van der Waals surface area (Å²) < 4.78 is 1.84. The fourth-order valence-corrected chi connectivity index (χ4v) is 3.40. The van der Waals surface area contributed by atoms with Gasteiger partial charge in [-0.05, 0) is 43.2 Å². The summed E-state index contributed by atoms with van der Waals surface area (Å²) in [5.41, 5.74) is 4.21. The Morgan fingerprint density at radius 2 is 2.15 bits per heavy atom. The number of aliphatic hydroxyl groups is 1. The number of benzene rings is 1. The lowest BCUT2D eigenvalue weighted by Crippen LogP contribution is -2.23. The molecule has 3 rings (SSSR count). The van der Waals surface area contributed by atoms with Gasteiger partial charge in [0.05, 0.1) is 22.5 Å². The second kappa shape index (κ2) is 5.23. The molecule has 1 aromatic heterocycles. The van der Waals surface area contributed by atoms with Crippen LogP contribution in [0.15, 0.2) is 24.3 Å². The van der Waals surface area contributed by atoms with Crippen LogP contribution in [-0.4, -0.2) is 14.9 Å². The number of aryl methyl sites for hydroxylation is 3. The van der Waals surface area contributed by atoms with E-state index in [-0.39, 0.29) is 5.92 Å². The lowest BCUT2D eigenvalue weighted by Gasteiger charge is -2.30. The van der Waals surface area contributed by atoms with Gasteiger partial charge in [0.1, 0.15) is 0 Å². The Morgan fingerprint density at radius 3 is 2.85 bits per heavy atom. The predicted molar refractivity (Wildman–Crippen MR) is 79.9 cm³/mol. The Balaban J connectivity index is 1.86. The number of halogens is 1. The second-order valence-corrected chi connectivity index (χ2v) is 5.99. The Labute approximate surface area is 124 Å². The average Bonchev–Trinajstić information content (AvgIpc) is 2.68. The number of aromatic nitrogens is 2. The number of hydrogen-bond acceptors (Lipinski definition) is 2. The van der Waals surface area contributed by atoms with Crippen LogP contribution < -0.4 is 0 Å². The summed E-state index contributed by atoms with van der Waals surface area (Å²) in [4.78, 5) is 0. The quantitative estimate of drug-likeness (QED) is 0.922. The number of nitrogens with zero attached hydrogens (tertiary/aromatic N) is 2. The van der Waals surface area contributed by atoms with Crippen molar-refractivity contribution in [3.05, 3.63) is 51.8 Å². The maximum absolute atomic E-state index is 10.6.